The minimum atomic E-state index is -4.35. The second-order valence-electron chi connectivity index (χ2n) is 4.53. The summed E-state index contributed by atoms with van der Waals surface area (Å²) in [6.45, 7) is 4.84. The van der Waals surface area contributed by atoms with E-state index < -0.39 is 11.7 Å². The fourth-order valence-electron chi connectivity index (χ4n) is 1.91. The number of nitrogens with one attached hydrogen (secondary N) is 1. The summed E-state index contributed by atoms with van der Waals surface area (Å²) in [7, 11) is 0. The molecule has 0 fully saturated rings. The zero-order valence-electron chi connectivity index (χ0n) is 11.3. The van der Waals surface area contributed by atoms with Crippen molar-refractivity contribution >= 4 is 0 Å². The Balaban J connectivity index is 2.31. The first-order valence-electron chi connectivity index (χ1n) is 6.35. The minimum Gasteiger partial charge on any atom is -0.311 e. The van der Waals surface area contributed by atoms with Crippen molar-refractivity contribution in [1.29, 1.82) is 0 Å². The maximum Gasteiger partial charge on any atom is 0.416 e. The summed E-state index contributed by atoms with van der Waals surface area (Å²) >= 11 is 0. The van der Waals surface area contributed by atoms with Crippen molar-refractivity contribution in [3.63, 3.8) is 0 Å². The monoisotopic (exact) mass is 283 g/mol. The van der Waals surface area contributed by atoms with Gasteiger partial charge in [-0.15, -0.1) is 0 Å². The molecule has 108 valence electrons. The predicted molar refractivity (Wildman–Crippen MR) is 70.7 cm³/mol. The van der Waals surface area contributed by atoms with Crippen molar-refractivity contribution in [2.24, 2.45) is 0 Å². The molecule has 0 saturated heterocycles. The van der Waals surface area contributed by atoms with Crippen LogP contribution in [0.4, 0.5) is 13.2 Å². The third kappa shape index (κ3) is 3.19. The van der Waals surface area contributed by atoms with Crippen LogP contribution in [-0.4, -0.2) is 16.3 Å². The van der Waals surface area contributed by atoms with Crippen LogP contribution >= 0.6 is 0 Å². The number of halogens is 3. The third-order valence-corrected chi connectivity index (χ3v) is 2.99. The molecule has 0 aliphatic heterocycles. The van der Waals surface area contributed by atoms with Crippen molar-refractivity contribution in [3.8, 4) is 5.69 Å². The average Bonchev–Trinajstić information content (AvgIpc) is 2.84. The van der Waals surface area contributed by atoms with Crippen LogP contribution in [0, 0.1) is 6.92 Å². The highest BCUT2D eigenvalue weighted by Gasteiger charge is 2.32. The van der Waals surface area contributed by atoms with Crippen LogP contribution in [0.15, 0.2) is 30.5 Å². The number of alkyl halides is 3. The van der Waals surface area contributed by atoms with Crippen LogP contribution in [-0.2, 0) is 12.7 Å². The van der Waals surface area contributed by atoms with Gasteiger partial charge in [0.15, 0.2) is 0 Å². The van der Waals surface area contributed by atoms with Gasteiger partial charge in [0.1, 0.15) is 0 Å². The van der Waals surface area contributed by atoms with E-state index in [-0.39, 0.29) is 5.56 Å². The summed E-state index contributed by atoms with van der Waals surface area (Å²) in [5.41, 5.74) is 0.784. The molecule has 1 aromatic heterocycles. The van der Waals surface area contributed by atoms with Crippen molar-refractivity contribution in [2.45, 2.75) is 26.6 Å². The quantitative estimate of drug-likeness (QED) is 0.933. The van der Waals surface area contributed by atoms with Crippen molar-refractivity contribution in [3.05, 3.63) is 47.3 Å². The highest BCUT2D eigenvalue weighted by atomic mass is 19.4. The van der Waals surface area contributed by atoms with Crippen LogP contribution in [0.1, 0.15) is 23.7 Å². The largest absolute Gasteiger partial charge is 0.416 e. The van der Waals surface area contributed by atoms with E-state index in [2.05, 4.69) is 10.4 Å². The molecule has 6 heteroatoms. The van der Waals surface area contributed by atoms with Gasteiger partial charge in [0.05, 0.1) is 16.9 Å². The van der Waals surface area contributed by atoms with Gasteiger partial charge in [0, 0.05) is 12.7 Å². The molecular formula is C14H16F3N3. The number of aromatic nitrogens is 2. The fourth-order valence-corrected chi connectivity index (χ4v) is 1.91. The Morgan fingerprint density at radius 3 is 2.65 bits per heavy atom. The fraction of sp³-hybridized carbons (Fsp3) is 0.357. The second-order valence-corrected chi connectivity index (χ2v) is 4.53. The van der Waals surface area contributed by atoms with Crippen molar-refractivity contribution < 1.29 is 13.2 Å². The summed E-state index contributed by atoms with van der Waals surface area (Å²) < 4.78 is 40.1. The lowest BCUT2D eigenvalue weighted by Gasteiger charge is -2.12. The predicted octanol–water partition coefficient (Wildman–Crippen LogP) is 3.31. The van der Waals surface area contributed by atoms with Gasteiger partial charge in [0.25, 0.3) is 0 Å². The Morgan fingerprint density at radius 1 is 1.25 bits per heavy atom. The smallest absolute Gasteiger partial charge is 0.311 e. The number of benzene rings is 1. The molecular weight excluding hydrogens is 267 g/mol. The molecule has 0 radical (unpaired) electrons. The van der Waals surface area contributed by atoms with Crippen molar-refractivity contribution in [1.82, 2.24) is 15.1 Å². The van der Waals surface area contributed by atoms with E-state index in [1.165, 1.54) is 17.7 Å². The molecule has 2 rings (SSSR count). The first kappa shape index (κ1) is 14.6. The second kappa shape index (κ2) is 5.66. The van der Waals surface area contributed by atoms with Crippen LogP contribution in [0.3, 0.4) is 0 Å². The highest BCUT2D eigenvalue weighted by Crippen LogP contribution is 2.32. The first-order chi connectivity index (χ1) is 9.41. The van der Waals surface area contributed by atoms with Gasteiger partial charge in [-0.25, -0.2) is 4.68 Å². The van der Waals surface area contributed by atoms with Gasteiger partial charge in [-0.05, 0) is 37.2 Å². The molecule has 1 aromatic carbocycles. The van der Waals surface area contributed by atoms with Crippen LogP contribution in [0.2, 0.25) is 0 Å². The molecule has 0 spiro atoms. The standard InChI is InChI=1S/C14H16F3N3/c1-3-18-9-11-6-7-20(19-11)12-5-4-10(2)13(8-12)14(15,16)17/h4-8,18H,3,9H2,1-2H3. The average molecular weight is 283 g/mol. The van der Waals surface area contributed by atoms with Gasteiger partial charge < -0.3 is 5.32 Å². The first-order valence-corrected chi connectivity index (χ1v) is 6.35. The number of hydrogen-bond donors (Lipinski definition) is 1. The Morgan fingerprint density at radius 2 is 2.00 bits per heavy atom. The van der Waals surface area contributed by atoms with E-state index in [0.29, 0.717) is 12.2 Å². The molecule has 0 bridgehead atoms. The maximum absolute atomic E-state index is 12.9. The van der Waals surface area contributed by atoms with Gasteiger partial charge in [-0.3, -0.25) is 0 Å². The molecule has 0 atom stereocenters. The molecule has 0 unspecified atom stereocenters. The molecule has 0 amide bonds. The number of nitrogens with zero attached hydrogens (tertiary/aromatic N) is 2. The van der Waals surface area contributed by atoms with E-state index in [1.54, 1.807) is 18.3 Å². The molecule has 0 aliphatic rings. The third-order valence-electron chi connectivity index (χ3n) is 2.99. The molecule has 1 heterocycles. The van der Waals surface area contributed by atoms with Gasteiger partial charge in [-0.1, -0.05) is 13.0 Å². The molecule has 3 nitrogen and oxygen atoms in total. The lowest BCUT2D eigenvalue weighted by Crippen LogP contribution is -2.12. The van der Waals surface area contributed by atoms with Gasteiger partial charge in [-0.2, -0.15) is 18.3 Å². The topological polar surface area (TPSA) is 29.9 Å². The highest BCUT2D eigenvalue weighted by molar-refractivity contribution is 5.41. The Hall–Kier alpha value is -1.82. The van der Waals surface area contributed by atoms with Crippen molar-refractivity contribution in [2.75, 3.05) is 6.54 Å². The summed E-state index contributed by atoms with van der Waals surface area (Å²) in [6.07, 6.45) is -2.68. The Kier molecular flexibility index (Phi) is 4.13. The lowest BCUT2D eigenvalue weighted by atomic mass is 10.1. The summed E-state index contributed by atoms with van der Waals surface area (Å²) in [6, 6.07) is 6.01. The number of hydrogen-bond acceptors (Lipinski definition) is 2. The summed E-state index contributed by atoms with van der Waals surface area (Å²) in [4.78, 5) is 0. The lowest BCUT2D eigenvalue weighted by molar-refractivity contribution is -0.138. The maximum atomic E-state index is 12.9. The van der Waals surface area contributed by atoms with E-state index in [0.717, 1.165) is 18.3 Å². The summed E-state index contributed by atoms with van der Waals surface area (Å²) in [5, 5.41) is 7.38. The molecule has 2 aromatic rings. The molecule has 0 saturated carbocycles. The van der Waals surface area contributed by atoms with E-state index in [9.17, 15) is 13.2 Å². The van der Waals surface area contributed by atoms with E-state index in [4.69, 9.17) is 0 Å². The molecule has 1 N–H and O–H groups in total. The van der Waals surface area contributed by atoms with E-state index in [1.807, 2.05) is 6.92 Å². The normalized spacial score (nSPS) is 11.8. The molecule has 0 aliphatic carbocycles. The Labute approximate surface area is 115 Å². The number of aryl methyl sites for hydroxylation is 1. The minimum absolute atomic E-state index is 0.210. The van der Waals surface area contributed by atoms with Crippen LogP contribution in [0.5, 0.6) is 0 Å². The zero-order valence-corrected chi connectivity index (χ0v) is 11.3. The zero-order chi connectivity index (χ0) is 14.8. The van der Waals surface area contributed by atoms with Gasteiger partial charge in [0.2, 0.25) is 0 Å². The number of rotatable bonds is 4. The van der Waals surface area contributed by atoms with E-state index >= 15 is 0 Å². The van der Waals surface area contributed by atoms with Gasteiger partial charge >= 0.3 is 6.18 Å². The summed E-state index contributed by atoms with van der Waals surface area (Å²) in [5.74, 6) is 0. The SMILES string of the molecule is CCNCc1ccn(-c2ccc(C)c(C(F)(F)F)c2)n1. The molecule has 20 heavy (non-hydrogen) atoms. The van der Waals surface area contributed by atoms with Crippen LogP contribution < -0.4 is 5.32 Å². The Bertz CT molecular complexity index is 588. The van der Waals surface area contributed by atoms with Crippen LogP contribution in [0.25, 0.3) is 5.69 Å².